The van der Waals surface area contributed by atoms with E-state index in [1.165, 1.54) is 4.90 Å². The van der Waals surface area contributed by atoms with Crippen LogP contribution in [0.15, 0.2) is 24.3 Å². The first-order valence-corrected chi connectivity index (χ1v) is 9.27. The molecule has 0 aromatic heterocycles. The Morgan fingerprint density at radius 2 is 1.96 bits per heavy atom. The molecule has 0 saturated heterocycles. The van der Waals surface area contributed by atoms with E-state index in [-0.39, 0.29) is 6.42 Å². The summed E-state index contributed by atoms with van der Waals surface area (Å²) in [6.07, 6.45) is 1.55. The molecule has 0 radical (unpaired) electrons. The van der Waals surface area contributed by atoms with Crippen molar-refractivity contribution in [3.05, 3.63) is 29.8 Å². The van der Waals surface area contributed by atoms with Crippen LogP contribution in [0.1, 0.15) is 52.5 Å². The highest BCUT2D eigenvalue weighted by atomic mass is 16.6. The van der Waals surface area contributed by atoms with Crippen LogP contribution in [0.25, 0.3) is 0 Å². The fraction of sp³-hybridized carbons (Fsp3) is 0.550. The van der Waals surface area contributed by atoms with E-state index in [4.69, 9.17) is 4.74 Å². The molecule has 1 aliphatic heterocycles. The number of nitrogens with one attached hydrogen (secondary N) is 1. The number of amides is 2. The number of carbonyl (C=O) groups is 3. The van der Waals surface area contributed by atoms with Crippen LogP contribution < -0.4 is 10.2 Å². The van der Waals surface area contributed by atoms with Crippen LogP contribution in [0, 0.1) is 0 Å². The number of unbranched alkanes of at least 4 members (excludes halogenated alkanes) is 1. The van der Waals surface area contributed by atoms with Crippen molar-refractivity contribution >= 4 is 23.7 Å². The van der Waals surface area contributed by atoms with E-state index in [1.54, 1.807) is 32.9 Å². The van der Waals surface area contributed by atoms with Gasteiger partial charge in [-0.1, -0.05) is 38.0 Å². The summed E-state index contributed by atoms with van der Waals surface area (Å²) < 4.78 is 5.27. The SMILES string of the molecule is CCCC[C@H](NC(=O)OC(C)(C)C)C(=O)N1c2ccccc2CC1C(=O)O. The molecule has 27 heavy (non-hydrogen) atoms. The van der Waals surface area contributed by atoms with Crippen LogP contribution in [0.3, 0.4) is 0 Å². The number of fused-ring (bicyclic) bond motifs is 1. The van der Waals surface area contributed by atoms with Crippen LogP contribution in [0.5, 0.6) is 0 Å². The summed E-state index contributed by atoms with van der Waals surface area (Å²) >= 11 is 0. The molecule has 1 aliphatic rings. The summed E-state index contributed by atoms with van der Waals surface area (Å²) in [4.78, 5) is 38.4. The monoisotopic (exact) mass is 376 g/mol. The van der Waals surface area contributed by atoms with Crippen molar-refractivity contribution in [3.63, 3.8) is 0 Å². The van der Waals surface area contributed by atoms with Crippen LogP contribution in [-0.4, -0.2) is 40.8 Å². The largest absolute Gasteiger partial charge is 0.480 e. The Bertz CT molecular complexity index is 711. The molecule has 2 atom stereocenters. The number of aliphatic carboxylic acids is 1. The van der Waals surface area contributed by atoms with E-state index in [9.17, 15) is 19.5 Å². The molecule has 0 saturated carbocycles. The lowest BCUT2D eigenvalue weighted by Crippen LogP contribution is -2.53. The molecule has 7 nitrogen and oxygen atoms in total. The van der Waals surface area contributed by atoms with Crippen molar-refractivity contribution in [1.82, 2.24) is 5.32 Å². The Balaban J connectivity index is 2.27. The highest BCUT2D eigenvalue weighted by molar-refractivity contribution is 6.05. The molecule has 148 valence electrons. The van der Waals surface area contributed by atoms with Crippen molar-refractivity contribution in [1.29, 1.82) is 0 Å². The van der Waals surface area contributed by atoms with Gasteiger partial charge in [0.1, 0.15) is 17.7 Å². The highest BCUT2D eigenvalue weighted by Gasteiger charge is 2.41. The Labute approximate surface area is 159 Å². The van der Waals surface area contributed by atoms with E-state index >= 15 is 0 Å². The third-order valence-electron chi connectivity index (χ3n) is 4.33. The summed E-state index contributed by atoms with van der Waals surface area (Å²) in [5.41, 5.74) is 0.707. The van der Waals surface area contributed by atoms with Gasteiger partial charge in [0, 0.05) is 12.1 Å². The fourth-order valence-electron chi connectivity index (χ4n) is 3.14. The average molecular weight is 376 g/mol. The first-order chi connectivity index (χ1) is 12.6. The number of carboxylic acid groups (broad SMARTS) is 1. The molecular weight excluding hydrogens is 348 g/mol. The standard InChI is InChI=1S/C20H28N2O5/c1-5-6-10-14(21-19(26)27-20(2,3)4)17(23)22-15-11-8-7-9-13(15)12-16(22)18(24)25/h7-9,11,14,16H,5-6,10,12H2,1-4H3,(H,21,26)(H,24,25)/t14-,16?/m0/s1. The smallest absolute Gasteiger partial charge is 0.408 e. The van der Waals surface area contributed by atoms with Crippen molar-refractivity contribution in [2.75, 3.05) is 4.90 Å². The maximum atomic E-state index is 13.2. The molecular formula is C20H28N2O5. The van der Waals surface area contributed by atoms with Crippen LogP contribution >= 0.6 is 0 Å². The number of anilines is 1. The Morgan fingerprint density at radius 3 is 2.56 bits per heavy atom. The van der Waals surface area contributed by atoms with Gasteiger partial charge in [0.15, 0.2) is 0 Å². The molecule has 0 aliphatic carbocycles. The van der Waals surface area contributed by atoms with Crippen LogP contribution in [0.4, 0.5) is 10.5 Å². The lowest BCUT2D eigenvalue weighted by Gasteiger charge is -2.29. The summed E-state index contributed by atoms with van der Waals surface area (Å²) in [5, 5.41) is 12.2. The van der Waals surface area contributed by atoms with Gasteiger partial charge in [-0.3, -0.25) is 9.69 Å². The highest BCUT2D eigenvalue weighted by Crippen LogP contribution is 2.33. The van der Waals surface area contributed by atoms with E-state index in [0.717, 1.165) is 18.4 Å². The number of hydrogen-bond donors (Lipinski definition) is 2. The average Bonchev–Trinajstić information content (AvgIpc) is 2.96. The van der Waals surface area contributed by atoms with Gasteiger partial charge in [-0.15, -0.1) is 0 Å². The second kappa shape index (κ2) is 8.41. The van der Waals surface area contributed by atoms with Gasteiger partial charge in [0.2, 0.25) is 0 Å². The van der Waals surface area contributed by atoms with E-state index in [0.29, 0.717) is 12.1 Å². The van der Waals surface area contributed by atoms with Gasteiger partial charge in [-0.05, 0) is 38.8 Å². The van der Waals surface area contributed by atoms with Gasteiger partial charge in [0.05, 0.1) is 0 Å². The molecule has 0 fully saturated rings. The molecule has 1 aromatic carbocycles. The number of benzene rings is 1. The van der Waals surface area contributed by atoms with Gasteiger partial charge in [-0.25, -0.2) is 9.59 Å². The second-order valence-corrected chi connectivity index (χ2v) is 7.74. The minimum absolute atomic E-state index is 0.254. The zero-order chi connectivity index (χ0) is 20.2. The number of carboxylic acids is 1. The van der Waals surface area contributed by atoms with Crippen molar-refractivity contribution in [3.8, 4) is 0 Å². The number of carbonyl (C=O) groups excluding carboxylic acids is 2. The Hall–Kier alpha value is -2.57. The summed E-state index contributed by atoms with van der Waals surface area (Å²) in [7, 11) is 0. The molecule has 7 heteroatoms. The number of nitrogens with zero attached hydrogens (tertiary/aromatic N) is 1. The maximum absolute atomic E-state index is 13.2. The van der Waals surface area contributed by atoms with Crippen LogP contribution in [-0.2, 0) is 20.7 Å². The molecule has 2 N–H and O–H groups in total. The van der Waals surface area contributed by atoms with E-state index in [2.05, 4.69) is 5.32 Å². The van der Waals surface area contributed by atoms with Crippen molar-refractivity contribution in [2.45, 2.75) is 71.1 Å². The first kappa shape index (κ1) is 20.7. The molecule has 1 unspecified atom stereocenters. The molecule has 1 aromatic rings. The number of ether oxygens (including phenoxy) is 1. The Morgan fingerprint density at radius 1 is 1.30 bits per heavy atom. The van der Waals surface area contributed by atoms with Gasteiger partial charge in [0.25, 0.3) is 5.91 Å². The van der Waals surface area contributed by atoms with Crippen LogP contribution in [0.2, 0.25) is 0 Å². The normalized spacial score (nSPS) is 17.2. The van der Waals surface area contributed by atoms with Crippen molar-refractivity contribution in [2.24, 2.45) is 0 Å². The summed E-state index contributed by atoms with van der Waals surface area (Å²) in [6, 6.07) is 5.33. The maximum Gasteiger partial charge on any atom is 0.408 e. The molecule has 1 heterocycles. The zero-order valence-electron chi connectivity index (χ0n) is 16.3. The Kier molecular flexibility index (Phi) is 6.46. The summed E-state index contributed by atoms with van der Waals surface area (Å²) in [5.74, 6) is -1.49. The third kappa shape index (κ3) is 5.21. The van der Waals surface area contributed by atoms with E-state index < -0.39 is 35.7 Å². The first-order valence-electron chi connectivity index (χ1n) is 9.27. The second-order valence-electron chi connectivity index (χ2n) is 7.74. The zero-order valence-corrected chi connectivity index (χ0v) is 16.3. The molecule has 2 rings (SSSR count). The predicted molar refractivity (Wildman–Crippen MR) is 102 cm³/mol. The third-order valence-corrected chi connectivity index (χ3v) is 4.33. The minimum Gasteiger partial charge on any atom is -0.480 e. The molecule has 2 amide bonds. The molecule has 0 spiro atoms. The lowest BCUT2D eigenvalue weighted by molar-refractivity contribution is -0.140. The lowest BCUT2D eigenvalue weighted by atomic mass is 10.1. The van der Waals surface area contributed by atoms with Gasteiger partial charge in [-0.2, -0.15) is 0 Å². The number of hydrogen-bond acceptors (Lipinski definition) is 4. The van der Waals surface area contributed by atoms with Gasteiger partial charge >= 0.3 is 12.1 Å². The van der Waals surface area contributed by atoms with E-state index in [1.807, 2.05) is 19.1 Å². The number of para-hydroxylation sites is 1. The fourth-order valence-corrected chi connectivity index (χ4v) is 3.14. The number of alkyl carbamates (subject to hydrolysis) is 1. The minimum atomic E-state index is -1.06. The molecule has 0 bridgehead atoms. The van der Waals surface area contributed by atoms with Crippen molar-refractivity contribution < 1.29 is 24.2 Å². The van der Waals surface area contributed by atoms with Gasteiger partial charge < -0.3 is 15.2 Å². The summed E-state index contributed by atoms with van der Waals surface area (Å²) in [6.45, 7) is 7.21. The number of rotatable bonds is 6. The predicted octanol–water partition coefficient (Wildman–Crippen LogP) is 3.11. The quantitative estimate of drug-likeness (QED) is 0.795. The topological polar surface area (TPSA) is 95.9 Å².